The molecule has 1 saturated heterocycles. The molecule has 0 radical (unpaired) electrons. The lowest BCUT2D eigenvalue weighted by Gasteiger charge is -2.15. The van der Waals surface area contributed by atoms with E-state index in [1.807, 2.05) is 40.1 Å². The van der Waals surface area contributed by atoms with Gasteiger partial charge in [-0.2, -0.15) is 0 Å². The summed E-state index contributed by atoms with van der Waals surface area (Å²) in [5.74, 6) is 0.703. The van der Waals surface area contributed by atoms with E-state index in [1.165, 1.54) is 0 Å². The molecule has 1 amide bonds. The standard InChI is InChI=1S/C18H17BrN4OS/c1-25-16-11-23(18-20-9-13(19)10-21-18)15-8-12(4-5-14(15)16)17(24)22-6-2-3-7-22/h4-5,8-11H,2-3,6-7H2,1H3. The van der Waals surface area contributed by atoms with Crippen molar-refractivity contribution in [3.63, 3.8) is 0 Å². The van der Waals surface area contributed by atoms with E-state index in [0.717, 1.165) is 51.8 Å². The molecule has 1 aliphatic rings. The van der Waals surface area contributed by atoms with Crippen LogP contribution in [-0.2, 0) is 0 Å². The molecule has 0 bridgehead atoms. The van der Waals surface area contributed by atoms with Crippen molar-refractivity contribution in [1.82, 2.24) is 19.4 Å². The second-order valence-electron chi connectivity index (χ2n) is 6.00. The van der Waals surface area contributed by atoms with Gasteiger partial charge in [0.2, 0.25) is 5.95 Å². The Morgan fingerprint density at radius 3 is 2.60 bits per heavy atom. The number of thioether (sulfide) groups is 1. The van der Waals surface area contributed by atoms with Gasteiger partial charge in [-0.25, -0.2) is 9.97 Å². The minimum atomic E-state index is 0.106. The molecule has 0 saturated carbocycles. The van der Waals surface area contributed by atoms with Gasteiger partial charge in [-0.15, -0.1) is 11.8 Å². The van der Waals surface area contributed by atoms with Crippen molar-refractivity contribution in [2.75, 3.05) is 19.3 Å². The average Bonchev–Trinajstić information content (AvgIpc) is 3.29. The highest BCUT2D eigenvalue weighted by Gasteiger charge is 2.21. The van der Waals surface area contributed by atoms with E-state index in [0.29, 0.717) is 5.95 Å². The Kier molecular flexibility index (Phi) is 4.52. The van der Waals surface area contributed by atoms with Crippen LogP contribution in [0.1, 0.15) is 23.2 Å². The third kappa shape index (κ3) is 3.06. The number of carbonyl (C=O) groups excluding carboxylic acids is 1. The first-order chi connectivity index (χ1) is 12.2. The van der Waals surface area contributed by atoms with Crippen LogP contribution >= 0.6 is 27.7 Å². The van der Waals surface area contributed by atoms with Gasteiger partial charge in [-0.1, -0.05) is 6.07 Å². The topological polar surface area (TPSA) is 51.0 Å². The van der Waals surface area contributed by atoms with Crippen molar-refractivity contribution in [3.05, 3.63) is 46.8 Å². The van der Waals surface area contributed by atoms with Gasteiger partial charge in [-0.3, -0.25) is 9.36 Å². The molecule has 0 unspecified atom stereocenters. The Balaban J connectivity index is 1.83. The first-order valence-electron chi connectivity index (χ1n) is 8.13. The SMILES string of the molecule is CSc1cn(-c2ncc(Br)cn2)c2cc(C(=O)N3CCCC3)ccc12. The molecule has 1 aromatic carbocycles. The quantitative estimate of drug-likeness (QED) is 0.601. The Bertz CT molecular complexity index is 932. The largest absolute Gasteiger partial charge is 0.339 e. The van der Waals surface area contributed by atoms with Crippen molar-refractivity contribution in [2.24, 2.45) is 0 Å². The molecule has 1 aliphatic heterocycles. The lowest BCUT2D eigenvalue weighted by atomic mass is 10.1. The van der Waals surface area contributed by atoms with Gasteiger partial charge in [0, 0.05) is 47.5 Å². The van der Waals surface area contributed by atoms with Crippen LogP contribution in [0.25, 0.3) is 16.9 Å². The van der Waals surface area contributed by atoms with E-state index in [9.17, 15) is 4.79 Å². The zero-order valence-corrected chi connectivity index (χ0v) is 16.2. The number of fused-ring (bicyclic) bond motifs is 1. The maximum absolute atomic E-state index is 12.7. The van der Waals surface area contributed by atoms with Gasteiger partial charge in [0.15, 0.2) is 0 Å². The highest BCUT2D eigenvalue weighted by molar-refractivity contribution is 9.10. The van der Waals surface area contributed by atoms with Crippen LogP contribution in [0.3, 0.4) is 0 Å². The van der Waals surface area contributed by atoms with Gasteiger partial charge >= 0.3 is 0 Å². The van der Waals surface area contributed by atoms with E-state index in [-0.39, 0.29) is 5.91 Å². The summed E-state index contributed by atoms with van der Waals surface area (Å²) in [6, 6.07) is 5.91. The van der Waals surface area contributed by atoms with Crippen molar-refractivity contribution >= 4 is 44.5 Å². The number of carbonyl (C=O) groups is 1. The summed E-state index contributed by atoms with van der Waals surface area (Å²) < 4.78 is 2.79. The van der Waals surface area contributed by atoms with E-state index >= 15 is 0 Å². The number of benzene rings is 1. The second-order valence-corrected chi connectivity index (χ2v) is 7.76. The van der Waals surface area contributed by atoms with Gasteiger partial charge in [0.05, 0.1) is 9.99 Å². The van der Waals surface area contributed by atoms with Crippen molar-refractivity contribution in [1.29, 1.82) is 0 Å². The van der Waals surface area contributed by atoms with Crippen molar-refractivity contribution in [2.45, 2.75) is 17.7 Å². The van der Waals surface area contributed by atoms with Gasteiger partial charge in [0.1, 0.15) is 0 Å². The Hall–Kier alpha value is -1.86. The Morgan fingerprint density at radius 2 is 1.92 bits per heavy atom. The van der Waals surface area contributed by atoms with Crippen LogP contribution in [0.2, 0.25) is 0 Å². The monoisotopic (exact) mass is 416 g/mol. The fourth-order valence-corrected chi connectivity index (χ4v) is 4.00. The summed E-state index contributed by atoms with van der Waals surface area (Å²) in [6.07, 6.45) is 9.72. The normalized spacial score (nSPS) is 14.4. The average molecular weight is 417 g/mol. The first-order valence-corrected chi connectivity index (χ1v) is 10.2. The molecule has 3 aromatic rings. The van der Waals surface area contributed by atoms with Crippen LogP contribution < -0.4 is 0 Å². The molecule has 0 aliphatic carbocycles. The fraction of sp³-hybridized carbons (Fsp3) is 0.278. The van der Waals surface area contributed by atoms with Crippen LogP contribution in [0.5, 0.6) is 0 Å². The lowest BCUT2D eigenvalue weighted by Crippen LogP contribution is -2.27. The van der Waals surface area contributed by atoms with Crippen LogP contribution in [0.4, 0.5) is 0 Å². The highest BCUT2D eigenvalue weighted by atomic mass is 79.9. The predicted molar refractivity (Wildman–Crippen MR) is 103 cm³/mol. The van der Waals surface area contributed by atoms with Crippen molar-refractivity contribution in [3.8, 4) is 5.95 Å². The smallest absolute Gasteiger partial charge is 0.253 e. The van der Waals surface area contributed by atoms with E-state index in [1.54, 1.807) is 24.2 Å². The molecule has 4 rings (SSSR count). The number of hydrogen-bond donors (Lipinski definition) is 0. The minimum Gasteiger partial charge on any atom is -0.339 e. The van der Waals surface area contributed by atoms with Crippen LogP contribution in [0, 0.1) is 0 Å². The van der Waals surface area contributed by atoms with E-state index in [4.69, 9.17) is 0 Å². The molecular weight excluding hydrogens is 400 g/mol. The van der Waals surface area contributed by atoms with E-state index in [2.05, 4.69) is 25.9 Å². The number of hydrogen-bond acceptors (Lipinski definition) is 4. The van der Waals surface area contributed by atoms with Gasteiger partial charge in [0.25, 0.3) is 5.91 Å². The molecule has 3 heterocycles. The first kappa shape index (κ1) is 16.6. The summed E-state index contributed by atoms with van der Waals surface area (Å²) in [4.78, 5) is 24.6. The fourth-order valence-electron chi connectivity index (χ4n) is 3.19. The maximum Gasteiger partial charge on any atom is 0.253 e. The number of likely N-dealkylation sites (tertiary alicyclic amines) is 1. The third-order valence-corrected chi connectivity index (χ3v) is 5.63. The Labute approximate surface area is 158 Å². The molecule has 7 heteroatoms. The zero-order valence-electron chi connectivity index (χ0n) is 13.8. The summed E-state index contributed by atoms with van der Waals surface area (Å²) in [5.41, 5.74) is 1.68. The molecule has 1 fully saturated rings. The predicted octanol–water partition coefficient (Wildman–Crippen LogP) is 4.14. The third-order valence-electron chi connectivity index (χ3n) is 4.45. The molecule has 25 heavy (non-hydrogen) atoms. The molecule has 0 atom stereocenters. The van der Waals surface area contributed by atoms with Crippen LogP contribution in [0.15, 0.2) is 46.2 Å². The molecule has 2 aromatic heterocycles. The number of nitrogens with zero attached hydrogens (tertiary/aromatic N) is 4. The highest BCUT2D eigenvalue weighted by Crippen LogP contribution is 2.31. The molecule has 5 nitrogen and oxygen atoms in total. The minimum absolute atomic E-state index is 0.106. The van der Waals surface area contributed by atoms with Gasteiger partial charge < -0.3 is 4.90 Å². The molecular formula is C18H17BrN4OS. The summed E-state index contributed by atoms with van der Waals surface area (Å²) >= 11 is 5.04. The second kappa shape index (κ2) is 6.80. The summed E-state index contributed by atoms with van der Waals surface area (Å²) in [5, 5.41) is 1.11. The number of halogens is 1. The molecule has 0 N–H and O–H groups in total. The number of rotatable bonds is 3. The van der Waals surface area contributed by atoms with E-state index < -0.39 is 0 Å². The maximum atomic E-state index is 12.7. The Morgan fingerprint density at radius 1 is 1.20 bits per heavy atom. The summed E-state index contributed by atoms with van der Waals surface area (Å²) in [6.45, 7) is 1.70. The van der Waals surface area contributed by atoms with Crippen LogP contribution in [-0.4, -0.2) is 44.7 Å². The molecule has 0 spiro atoms. The lowest BCUT2D eigenvalue weighted by molar-refractivity contribution is 0.0793. The molecule has 128 valence electrons. The number of amides is 1. The summed E-state index contributed by atoms with van der Waals surface area (Å²) in [7, 11) is 0. The number of aromatic nitrogens is 3. The van der Waals surface area contributed by atoms with Gasteiger partial charge in [-0.05, 0) is 47.2 Å². The zero-order chi connectivity index (χ0) is 17.4. The van der Waals surface area contributed by atoms with Crippen molar-refractivity contribution < 1.29 is 4.79 Å².